The van der Waals surface area contributed by atoms with E-state index in [0.29, 0.717) is 12.0 Å². The van der Waals surface area contributed by atoms with E-state index in [2.05, 4.69) is 63.7 Å². The molecule has 0 spiro atoms. The molecule has 1 fully saturated rings. The van der Waals surface area contributed by atoms with Gasteiger partial charge in [0, 0.05) is 36.8 Å². The number of nitrogens with zero attached hydrogens (tertiary/aromatic N) is 6. The van der Waals surface area contributed by atoms with E-state index in [4.69, 9.17) is 4.98 Å². The van der Waals surface area contributed by atoms with Crippen LogP contribution >= 0.6 is 0 Å². The molecule has 4 aromatic rings. The summed E-state index contributed by atoms with van der Waals surface area (Å²) in [4.78, 5) is 11.9. The number of rotatable bonds is 3. The van der Waals surface area contributed by atoms with E-state index < -0.39 is 0 Å². The molecule has 1 aliphatic heterocycles. The van der Waals surface area contributed by atoms with E-state index in [9.17, 15) is 0 Å². The van der Waals surface area contributed by atoms with Crippen molar-refractivity contribution in [3.05, 3.63) is 53.6 Å². The fraction of sp³-hybridized carbons (Fsp3) is 0.381. The highest BCUT2D eigenvalue weighted by Gasteiger charge is 2.33. The summed E-state index contributed by atoms with van der Waals surface area (Å²) in [7, 11) is 0. The zero-order valence-electron chi connectivity index (χ0n) is 16.2. The van der Waals surface area contributed by atoms with Crippen LogP contribution in [0.2, 0.25) is 0 Å². The zero-order chi connectivity index (χ0) is 18.7. The van der Waals surface area contributed by atoms with Gasteiger partial charge in [-0.15, -0.1) is 0 Å². The van der Waals surface area contributed by atoms with E-state index in [1.165, 1.54) is 11.3 Å². The maximum Gasteiger partial charge on any atom is 0.157 e. The molecule has 1 aromatic carbocycles. The number of benzene rings is 1. The van der Waals surface area contributed by atoms with Crippen molar-refractivity contribution < 1.29 is 0 Å². The predicted molar refractivity (Wildman–Crippen MR) is 108 cm³/mol. The molecule has 3 aromatic heterocycles. The largest absolute Gasteiger partial charge is 0.352 e. The zero-order valence-corrected chi connectivity index (χ0v) is 16.2. The molecule has 6 nitrogen and oxygen atoms in total. The quantitative estimate of drug-likeness (QED) is 0.556. The van der Waals surface area contributed by atoms with Gasteiger partial charge < -0.3 is 9.47 Å². The predicted octanol–water partition coefficient (Wildman–Crippen LogP) is 3.88. The maximum absolute atomic E-state index is 4.90. The number of anilines is 1. The van der Waals surface area contributed by atoms with Crippen molar-refractivity contribution in [1.82, 2.24) is 24.1 Å². The van der Waals surface area contributed by atoms with Gasteiger partial charge in [-0.2, -0.15) is 9.61 Å². The number of fused-ring (bicyclic) bond motifs is 2. The first kappa shape index (κ1) is 16.3. The SMILES string of the molecule is Cc1cc(N2CC(n3c(C(C)C)nc4ccccc43)C2)n2nc(C)cc2n1. The van der Waals surface area contributed by atoms with E-state index in [1.807, 2.05) is 24.4 Å². The van der Waals surface area contributed by atoms with Crippen molar-refractivity contribution in [3.63, 3.8) is 0 Å². The minimum absolute atomic E-state index is 0.398. The van der Waals surface area contributed by atoms with Crippen LogP contribution in [0.3, 0.4) is 0 Å². The first-order chi connectivity index (χ1) is 13.0. The smallest absolute Gasteiger partial charge is 0.157 e. The van der Waals surface area contributed by atoms with Gasteiger partial charge in [0.15, 0.2) is 5.65 Å². The highest BCUT2D eigenvalue weighted by molar-refractivity contribution is 5.76. The molecule has 0 unspecified atom stereocenters. The minimum atomic E-state index is 0.398. The molecule has 138 valence electrons. The molecule has 0 saturated carbocycles. The van der Waals surface area contributed by atoms with Gasteiger partial charge in [0.2, 0.25) is 0 Å². The normalized spacial score (nSPS) is 15.2. The Balaban J connectivity index is 1.51. The Bertz CT molecular complexity index is 1150. The number of hydrogen-bond donors (Lipinski definition) is 0. The third-order valence-corrected chi connectivity index (χ3v) is 5.35. The third kappa shape index (κ3) is 2.51. The molecule has 27 heavy (non-hydrogen) atoms. The van der Waals surface area contributed by atoms with Crippen molar-refractivity contribution in [2.75, 3.05) is 18.0 Å². The second-order valence-electron chi connectivity index (χ2n) is 7.85. The molecular formula is C21H24N6. The molecule has 0 amide bonds. The summed E-state index contributed by atoms with van der Waals surface area (Å²) in [5.41, 5.74) is 5.26. The van der Waals surface area contributed by atoms with Gasteiger partial charge >= 0.3 is 0 Å². The molecule has 6 heteroatoms. The van der Waals surface area contributed by atoms with Crippen LogP contribution in [0.25, 0.3) is 16.7 Å². The van der Waals surface area contributed by atoms with E-state index >= 15 is 0 Å². The van der Waals surface area contributed by atoms with Crippen LogP contribution in [0, 0.1) is 13.8 Å². The number of imidazole rings is 1. The minimum Gasteiger partial charge on any atom is -0.352 e. The van der Waals surface area contributed by atoms with Crippen molar-refractivity contribution in [2.24, 2.45) is 0 Å². The lowest BCUT2D eigenvalue weighted by atomic mass is 10.1. The third-order valence-electron chi connectivity index (χ3n) is 5.35. The van der Waals surface area contributed by atoms with Crippen molar-refractivity contribution in [2.45, 2.75) is 39.7 Å². The molecule has 0 N–H and O–H groups in total. The lowest BCUT2D eigenvalue weighted by Crippen LogP contribution is -2.49. The van der Waals surface area contributed by atoms with Crippen molar-refractivity contribution >= 4 is 22.5 Å². The first-order valence-electron chi connectivity index (χ1n) is 9.57. The molecule has 0 atom stereocenters. The molecule has 0 bridgehead atoms. The molecular weight excluding hydrogens is 336 g/mol. The Hall–Kier alpha value is -2.89. The van der Waals surface area contributed by atoms with E-state index in [0.717, 1.165) is 41.5 Å². The fourth-order valence-corrected chi connectivity index (χ4v) is 4.08. The van der Waals surface area contributed by atoms with Crippen molar-refractivity contribution in [3.8, 4) is 0 Å². The van der Waals surface area contributed by atoms with Gasteiger partial charge in [0.1, 0.15) is 11.6 Å². The molecule has 1 saturated heterocycles. The average Bonchev–Trinajstić information content (AvgIpc) is 3.14. The maximum atomic E-state index is 4.90. The lowest BCUT2D eigenvalue weighted by Gasteiger charge is -2.42. The van der Waals surface area contributed by atoms with Gasteiger partial charge in [-0.05, 0) is 26.0 Å². The number of aryl methyl sites for hydroxylation is 2. The molecule has 0 radical (unpaired) electrons. The van der Waals surface area contributed by atoms with Crippen LogP contribution in [0.4, 0.5) is 5.82 Å². The summed E-state index contributed by atoms with van der Waals surface area (Å²) in [5, 5.41) is 4.63. The van der Waals surface area contributed by atoms with Crippen molar-refractivity contribution in [1.29, 1.82) is 0 Å². The second-order valence-corrected chi connectivity index (χ2v) is 7.85. The van der Waals surface area contributed by atoms with E-state index in [-0.39, 0.29) is 0 Å². The summed E-state index contributed by atoms with van der Waals surface area (Å²) < 4.78 is 4.41. The number of aromatic nitrogens is 5. The standard InChI is InChI=1S/C21H24N6/c1-13(2)21-23-17-7-5-6-8-18(17)26(21)16-11-25(12-16)20-10-14(3)22-19-9-15(4)24-27(19)20/h5-10,13,16H,11-12H2,1-4H3. The molecule has 0 aliphatic carbocycles. The van der Waals surface area contributed by atoms with Crippen LogP contribution in [0.5, 0.6) is 0 Å². The Kier molecular flexibility index (Phi) is 3.50. The Morgan fingerprint density at radius 3 is 2.56 bits per heavy atom. The highest BCUT2D eigenvalue weighted by Crippen LogP contribution is 2.34. The summed E-state index contributed by atoms with van der Waals surface area (Å²) in [6.45, 7) is 10.4. The number of para-hydroxylation sites is 2. The Morgan fingerprint density at radius 1 is 1.00 bits per heavy atom. The second kappa shape index (κ2) is 5.81. The van der Waals surface area contributed by atoms with Gasteiger partial charge in [0.05, 0.1) is 22.8 Å². The van der Waals surface area contributed by atoms with Crippen LogP contribution < -0.4 is 4.90 Å². The monoisotopic (exact) mass is 360 g/mol. The molecule has 4 heterocycles. The van der Waals surface area contributed by atoms with Gasteiger partial charge in [-0.3, -0.25) is 0 Å². The Morgan fingerprint density at radius 2 is 1.78 bits per heavy atom. The van der Waals surface area contributed by atoms with Crippen LogP contribution in [-0.2, 0) is 0 Å². The summed E-state index contributed by atoms with van der Waals surface area (Å²) in [5.74, 6) is 2.69. The fourth-order valence-electron chi connectivity index (χ4n) is 4.08. The van der Waals surface area contributed by atoms with Gasteiger partial charge in [-0.1, -0.05) is 26.0 Å². The Labute approximate surface area is 158 Å². The summed E-state index contributed by atoms with van der Waals surface area (Å²) in [6, 6.07) is 13.0. The topological polar surface area (TPSA) is 51.2 Å². The lowest BCUT2D eigenvalue weighted by molar-refractivity contribution is 0.388. The van der Waals surface area contributed by atoms with Crippen LogP contribution in [0.15, 0.2) is 36.4 Å². The molecule has 1 aliphatic rings. The first-order valence-corrected chi connectivity index (χ1v) is 9.57. The summed E-state index contributed by atoms with van der Waals surface area (Å²) >= 11 is 0. The van der Waals surface area contributed by atoms with Crippen LogP contribution in [-0.4, -0.2) is 37.2 Å². The highest BCUT2D eigenvalue weighted by atomic mass is 15.4. The molecule has 5 rings (SSSR count). The van der Waals surface area contributed by atoms with Gasteiger partial charge in [-0.25, -0.2) is 9.97 Å². The van der Waals surface area contributed by atoms with E-state index in [1.54, 1.807) is 0 Å². The number of hydrogen-bond acceptors (Lipinski definition) is 4. The van der Waals surface area contributed by atoms with Gasteiger partial charge in [0.25, 0.3) is 0 Å². The van der Waals surface area contributed by atoms with Crippen LogP contribution in [0.1, 0.15) is 43.0 Å². The average molecular weight is 360 g/mol. The summed E-state index contributed by atoms with van der Waals surface area (Å²) in [6.07, 6.45) is 0.